The van der Waals surface area contributed by atoms with Crippen molar-refractivity contribution in [2.75, 3.05) is 5.32 Å². The van der Waals surface area contributed by atoms with Crippen LogP contribution in [0.1, 0.15) is 21.6 Å². The molecule has 0 atom stereocenters. The van der Waals surface area contributed by atoms with Crippen molar-refractivity contribution in [3.63, 3.8) is 0 Å². The van der Waals surface area contributed by atoms with E-state index in [4.69, 9.17) is 0 Å². The van der Waals surface area contributed by atoms with Crippen LogP contribution >= 0.6 is 11.3 Å². The fourth-order valence-electron chi connectivity index (χ4n) is 2.39. The molecule has 0 saturated heterocycles. The van der Waals surface area contributed by atoms with E-state index in [0.29, 0.717) is 22.7 Å². The number of nitrogens with one attached hydrogen (secondary N) is 1. The van der Waals surface area contributed by atoms with E-state index in [-0.39, 0.29) is 24.0 Å². The molecule has 0 fully saturated rings. The number of carbonyl (C=O) groups excluding carboxylic acids is 1. The summed E-state index contributed by atoms with van der Waals surface area (Å²) in [5.41, 5.74) is 2.06. The minimum absolute atomic E-state index is 0.0792. The van der Waals surface area contributed by atoms with Crippen molar-refractivity contribution in [2.24, 2.45) is 0 Å². The molecule has 3 rings (SSSR count). The number of hydrogen-bond donors (Lipinski definition) is 1. The van der Waals surface area contributed by atoms with Gasteiger partial charge in [0.05, 0.1) is 6.42 Å². The number of benzene rings is 2. The number of amides is 1. The Kier molecular flexibility index (Phi) is 5.19. The molecule has 6 heteroatoms. The van der Waals surface area contributed by atoms with Gasteiger partial charge in [-0.2, -0.15) is 0 Å². The highest BCUT2D eigenvalue weighted by molar-refractivity contribution is 7.15. The van der Waals surface area contributed by atoms with Gasteiger partial charge in [0.1, 0.15) is 11.6 Å². The van der Waals surface area contributed by atoms with E-state index >= 15 is 0 Å². The van der Waals surface area contributed by atoms with Crippen LogP contribution in [-0.2, 0) is 17.6 Å². The number of aryl methyl sites for hydroxylation is 1. The molecule has 1 aromatic heterocycles. The van der Waals surface area contributed by atoms with Gasteiger partial charge in [-0.05, 0) is 41.8 Å². The Morgan fingerprint density at radius 1 is 1.16 bits per heavy atom. The standard InChI is InChI=1S/C19H16F2N2OS/c1-12-5-6-14(9-17(12)21)8-16-11-22-19(25-16)23-18(24)10-13-3-2-4-15(20)7-13/h2-7,9,11H,8,10H2,1H3,(H,22,23,24). The number of halogens is 2. The predicted molar refractivity (Wildman–Crippen MR) is 94.8 cm³/mol. The van der Waals surface area contributed by atoms with E-state index in [1.807, 2.05) is 6.07 Å². The third kappa shape index (κ3) is 4.70. The SMILES string of the molecule is Cc1ccc(Cc2cnc(NC(=O)Cc3cccc(F)c3)s2)cc1F. The molecule has 0 aliphatic rings. The monoisotopic (exact) mass is 358 g/mol. The smallest absolute Gasteiger partial charge is 0.230 e. The fraction of sp³-hybridized carbons (Fsp3) is 0.158. The Hall–Kier alpha value is -2.60. The summed E-state index contributed by atoms with van der Waals surface area (Å²) in [4.78, 5) is 17.1. The number of carbonyl (C=O) groups is 1. The van der Waals surface area contributed by atoms with E-state index in [0.717, 1.165) is 10.4 Å². The average molecular weight is 358 g/mol. The molecule has 0 radical (unpaired) electrons. The summed E-state index contributed by atoms with van der Waals surface area (Å²) < 4.78 is 26.7. The van der Waals surface area contributed by atoms with Crippen LogP contribution < -0.4 is 5.32 Å². The minimum Gasteiger partial charge on any atom is -0.302 e. The van der Waals surface area contributed by atoms with E-state index in [1.54, 1.807) is 31.3 Å². The summed E-state index contributed by atoms with van der Waals surface area (Å²) in [6.45, 7) is 1.72. The maximum Gasteiger partial charge on any atom is 0.230 e. The second-order valence-corrected chi connectivity index (χ2v) is 6.86. The molecule has 1 amide bonds. The zero-order chi connectivity index (χ0) is 17.8. The van der Waals surface area contributed by atoms with Gasteiger partial charge in [-0.15, -0.1) is 11.3 Å². The normalized spacial score (nSPS) is 10.7. The van der Waals surface area contributed by atoms with Gasteiger partial charge >= 0.3 is 0 Å². The third-order valence-electron chi connectivity index (χ3n) is 3.67. The number of nitrogens with zero attached hydrogens (tertiary/aromatic N) is 1. The Morgan fingerprint density at radius 3 is 2.76 bits per heavy atom. The lowest BCUT2D eigenvalue weighted by Gasteiger charge is -2.02. The summed E-state index contributed by atoms with van der Waals surface area (Å²) in [5, 5.41) is 3.18. The van der Waals surface area contributed by atoms with Crippen molar-refractivity contribution in [1.82, 2.24) is 4.98 Å². The number of anilines is 1. The van der Waals surface area contributed by atoms with Crippen LogP contribution in [0, 0.1) is 18.6 Å². The van der Waals surface area contributed by atoms with Crippen LogP contribution in [0.2, 0.25) is 0 Å². The average Bonchev–Trinajstić information content (AvgIpc) is 2.98. The Morgan fingerprint density at radius 2 is 2.00 bits per heavy atom. The molecular formula is C19H16F2N2OS. The van der Waals surface area contributed by atoms with E-state index in [2.05, 4.69) is 10.3 Å². The van der Waals surface area contributed by atoms with Gasteiger partial charge in [-0.3, -0.25) is 4.79 Å². The number of aromatic nitrogens is 1. The fourth-order valence-corrected chi connectivity index (χ4v) is 3.25. The van der Waals surface area contributed by atoms with Crippen molar-refractivity contribution in [1.29, 1.82) is 0 Å². The molecule has 0 spiro atoms. The van der Waals surface area contributed by atoms with Gasteiger partial charge in [0.25, 0.3) is 0 Å². The first-order valence-corrected chi connectivity index (χ1v) is 8.55. The molecule has 2 aromatic carbocycles. The molecule has 0 aliphatic carbocycles. The first-order chi connectivity index (χ1) is 12.0. The summed E-state index contributed by atoms with van der Waals surface area (Å²) in [6, 6.07) is 11.1. The van der Waals surface area contributed by atoms with Gasteiger partial charge in [-0.25, -0.2) is 13.8 Å². The lowest BCUT2D eigenvalue weighted by Crippen LogP contribution is -2.14. The largest absolute Gasteiger partial charge is 0.302 e. The topological polar surface area (TPSA) is 42.0 Å². The van der Waals surface area contributed by atoms with Crippen LogP contribution in [0.25, 0.3) is 0 Å². The van der Waals surface area contributed by atoms with Gasteiger partial charge in [0.2, 0.25) is 5.91 Å². The molecule has 0 saturated carbocycles. The van der Waals surface area contributed by atoms with Crippen LogP contribution in [0.3, 0.4) is 0 Å². The summed E-state index contributed by atoms with van der Waals surface area (Å²) in [6.07, 6.45) is 2.30. The summed E-state index contributed by atoms with van der Waals surface area (Å²) >= 11 is 1.34. The quantitative estimate of drug-likeness (QED) is 0.730. The minimum atomic E-state index is -0.368. The molecule has 1 N–H and O–H groups in total. The lowest BCUT2D eigenvalue weighted by atomic mass is 10.1. The lowest BCUT2D eigenvalue weighted by molar-refractivity contribution is -0.115. The summed E-state index contributed by atoms with van der Waals surface area (Å²) in [5.74, 6) is -0.856. The predicted octanol–water partition coefficient (Wildman–Crippen LogP) is 4.50. The Labute approximate surface area is 148 Å². The highest BCUT2D eigenvalue weighted by Crippen LogP contribution is 2.22. The van der Waals surface area contributed by atoms with Crippen LogP contribution in [0.4, 0.5) is 13.9 Å². The number of rotatable bonds is 5. The zero-order valence-corrected chi connectivity index (χ0v) is 14.4. The van der Waals surface area contributed by atoms with E-state index < -0.39 is 0 Å². The van der Waals surface area contributed by atoms with Crippen molar-refractivity contribution in [3.05, 3.63) is 81.9 Å². The summed E-state index contributed by atoms with van der Waals surface area (Å²) in [7, 11) is 0. The maximum absolute atomic E-state index is 13.6. The molecule has 0 unspecified atom stereocenters. The molecule has 3 nitrogen and oxygen atoms in total. The van der Waals surface area contributed by atoms with Gasteiger partial charge < -0.3 is 5.32 Å². The van der Waals surface area contributed by atoms with Crippen molar-refractivity contribution in [3.8, 4) is 0 Å². The number of hydrogen-bond acceptors (Lipinski definition) is 3. The molecular weight excluding hydrogens is 342 g/mol. The van der Waals surface area contributed by atoms with Crippen LogP contribution in [0.5, 0.6) is 0 Å². The van der Waals surface area contributed by atoms with E-state index in [9.17, 15) is 13.6 Å². The van der Waals surface area contributed by atoms with Crippen molar-refractivity contribution < 1.29 is 13.6 Å². The molecule has 3 aromatic rings. The maximum atomic E-state index is 13.6. The van der Waals surface area contributed by atoms with Crippen molar-refractivity contribution in [2.45, 2.75) is 19.8 Å². The van der Waals surface area contributed by atoms with Gasteiger partial charge in [0, 0.05) is 17.5 Å². The molecule has 0 bridgehead atoms. The van der Waals surface area contributed by atoms with Gasteiger partial charge in [0.15, 0.2) is 5.13 Å². The van der Waals surface area contributed by atoms with E-state index in [1.165, 1.54) is 29.5 Å². The highest BCUT2D eigenvalue weighted by Gasteiger charge is 2.09. The third-order valence-corrected chi connectivity index (χ3v) is 4.58. The molecule has 128 valence electrons. The first kappa shape index (κ1) is 17.2. The zero-order valence-electron chi connectivity index (χ0n) is 13.6. The first-order valence-electron chi connectivity index (χ1n) is 7.73. The number of thiazole rings is 1. The second kappa shape index (κ2) is 7.53. The van der Waals surface area contributed by atoms with Crippen LogP contribution in [0.15, 0.2) is 48.7 Å². The van der Waals surface area contributed by atoms with Crippen molar-refractivity contribution >= 4 is 22.4 Å². The van der Waals surface area contributed by atoms with Crippen LogP contribution in [-0.4, -0.2) is 10.9 Å². The molecule has 1 heterocycles. The molecule has 25 heavy (non-hydrogen) atoms. The second-order valence-electron chi connectivity index (χ2n) is 5.75. The highest BCUT2D eigenvalue weighted by atomic mass is 32.1. The Bertz CT molecular complexity index is 908. The Balaban J connectivity index is 1.61. The van der Waals surface area contributed by atoms with Gasteiger partial charge in [-0.1, -0.05) is 24.3 Å². The molecule has 0 aliphatic heterocycles.